The summed E-state index contributed by atoms with van der Waals surface area (Å²) in [6.07, 6.45) is -4.47. The fourth-order valence-corrected chi connectivity index (χ4v) is 1.95. The molecule has 21 heavy (non-hydrogen) atoms. The third kappa shape index (κ3) is 5.37. The van der Waals surface area contributed by atoms with Crippen LogP contribution in [0, 0.1) is 6.92 Å². The molecule has 1 aromatic carbocycles. The number of benzene rings is 1. The second kappa shape index (κ2) is 6.93. The zero-order chi connectivity index (χ0) is 16.2. The van der Waals surface area contributed by atoms with Gasteiger partial charge in [-0.1, -0.05) is 22.0 Å². The fraction of sp³-hybridized carbons (Fsp3) is 0.385. The number of likely N-dealkylation sites (N-methyl/N-ethyl adjacent to an activating group) is 1. The van der Waals surface area contributed by atoms with Gasteiger partial charge in [-0.25, -0.2) is 0 Å². The van der Waals surface area contributed by atoms with Gasteiger partial charge in [0.15, 0.2) is 0 Å². The molecule has 0 aliphatic heterocycles. The molecule has 0 fully saturated rings. The summed E-state index contributed by atoms with van der Waals surface area (Å²) in [6.45, 7) is -0.125. The van der Waals surface area contributed by atoms with Crippen LogP contribution in [0.2, 0.25) is 0 Å². The van der Waals surface area contributed by atoms with Gasteiger partial charge in [-0.3, -0.25) is 9.59 Å². The van der Waals surface area contributed by atoms with Crippen LogP contribution in [0.25, 0.3) is 0 Å². The van der Waals surface area contributed by atoms with Crippen LogP contribution in [0.5, 0.6) is 0 Å². The lowest BCUT2D eigenvalue weighted by Crippen LogP contribution is -2.41. The maximum Gasteiger partial charge on any atom is 0.405 e. The number of carbonyl (C=O) groups excluding carboxylic acids is 2. The number of nitrogens with zero attached hydrogens (tertiary/aromatic N) is 1. The van der Waals surface area contributed by atoms with Crippen LogP contribution in [0.3, 0.4) is 0 Å². The van der Waals surface area contributed by atoms with Crippen LogP contribution in [-0.4, -0.2) is 43.0 Å². The normalized spacial score (nSPS) is 11.1. The third-order valence-corrected chi connectivity index (χ3v) is 3.57. The van der Waals surface area contributed by atoms with Crippen LogP contribution in [0.4, 0.5) is 13.2 Å². The summed E-state index contributed by atoms with van der Waals surface area (Å²) < 4.78 is 36.7. The van der Waals surface area contributed by atoms with Crippen molar-refractivity contribution in [2.24, 2.45) is 0 Å². The molecule has 0 saturated carbocycles. The lowest BCUT2D eigenvalue weighted by Gasteiger charge is -2.18. The molecule has 0 atom stereocenters. The lowest BCUT2D eigenvalue weighted by atomic mass is 10.1. The van der Waals surface area contributed by atoms with Crippen LogP contribution < -0.4 is 5.32 Å². The van der Waals surface area contributed by atoms with Gasteiger partial charge >= 0.3 is 6.18 Å². The van der Waals surface area contributed by atoms with E-state index >= 15 is 0 Å². The molecule has 8 heteroatoms. The summed E-state index contributed by atoms with van der Waals surface area (Å²) >= 11 is 3.29. The number of hydrogen-bond donors (Lipinski definition) is 1. The minimum atomic E-state index is -4.47. The van der Waals surface area contributed by atoms with Crippen molar-refractivity contribution >= 4 is 27.7 Å². The molecule has 0 aromatic heterocycles. The first-order valence-electron chi connectivity index (χ1n) is 5.96. The number of rotatable bonds is 4. The van der Waals surface area contributed by atoms with Crippen LogP contribution in [-0.2, 0) is 4.79 Å². The van der Waals surface area contributed by atoms with Gasteiger partial charge in [-0.2, -0.15) is 13.2 Å². The van der Waals surface area contributed by atoms with Crippen molar-refractivity contribution in [2.75, 3.05) is 20.1 Å². The molecule has 0 heterocycles. The Morgan fingerprint density at radius 3 is 2.52 bits per heavy atom. The number of halogens is 4. The highest BCUT2D eigenvalue weighted by molar-refractivity contribution is 9.10. The number of alkyl halides is 3. The minimum absolute atomic E-state index is 0.385. The summed E-state index contributed by atoms with van der Waals surface area (Å²) in [5.74, 6) is -1.30. The van der Waals surface area contributed by atoms with E-state index in [0.29, 0.717) is 11.1 Å². The molecule has 4 nitrogen and oxygen atoms in total. The lowest BCUT2D eigenvalue weighted by molar-refractivity contribution is -0.138. The van der Waals surface area contributed by atoms with E-state index in [9.17, 15) is 22.8 Å². The summed E-state index contributed by atoms with van der Waals surface area (Å²) in [7, 11) is 1.36. The molecule has 116 valence electrons. The Bertz CT molecular complexity index is 547. The van der Waals surface area contributed by atoms with Crippen molar-refractivity contribution in [2.45, 2.75) is 13.1 Å². The van der Waals surface area contributed by atoms with E-state index in [0.717, 1.165) is 9.37 Å². The molecule has 0 aliphatic rings. The number of carbonyl (C=O) groups is 2. The number of nitrogens with one attached hydrogen (secondary N) is 1. The average Bonchev–Trinajstić information content (AvgIpc) is 2.38. The van der Waals surface area contributed by atoms with Gasteiger partial charge in [0.25, 0.3) is 5.91 Å². The van der Waals surface area contributed by atoms with Crippen molar-refractivity contribution in [1.29, 1.82) is 0 Å². The molecule has 0 spiro atoms. The monoisotopic (exact) mass is 366 g/mol. The highest BCUT2D eigenvalue weighted by atomic mass is 79.9. The number of amides is 2. The minimum Gasteiger partial charge on any atom is -0.345 e. The summed E-state index contributed by atoms with van der Waals surface area (Å²) in [5, 5.41) is 1.72. The van der Waals surface area contributed by atoms with Crippen LogP contribution >= 0.6 is 15.9 Å². The molecule has 0 aliphatic carbocycles. The van der Waals surface area contributed by atoms with Crippen molar-refractivity contribution in [1.82, 2.24) is 10.2 Å². The van der Waals surface area contributed by atoms with E-state index < -0.39 is 31.1 Å². The zero-order valence-corrected chi connectivity index (χ0v) is 13.0. The standard InChI is InChI=1S/C13H14BrF3N2O2/c1-8-9(4-3-5-10(8)14)12(21)19(2)6-11(20)18-7-13(15,16)17/h3-5H,6-7H2,1-2H3,(H,18,20). The quantitative estimate of drug-likeness (QED) is 0.889. The highest BCUT2D eigenvalue weighted by Crippen LogP contribution is 2.20. The first-order valence-corrected chi connectivity index (χ1v) is 6.75. The van der Waals surface area contributed by atoms with Gasteiger partial charge in [0.1, 0.15) is 6.54 Å². The SMILES string of the molecule is Cc1c(Br)cccc1C(=O)N(C)CC(=O)NCC(F)(F)F. The first-order chi connectivity index (χ1) is 9.61. The van der Waals surface area contributed by atoms with Crippen molar-refractivity contribution in [3.05, 3.63) is 33.8 Å². The van der Waals surface area contributed by atoms with E-state index in [1.807, 2.05) is 0 Å². The summed E-state index contributed by atoms with van der Waals surface area (Å²) in [6, 6.07) is 5.02. The second-order valence-corrected chi connectivity index (χ2v) is 5.32. The van der Waals surface area contributed by atoms with Gasteiger partial charge in [0.2, 0.25) is 5.91 Å². The van der Waals surface area contributed by atoms with Gasteiger partial charge in [-0.15, -0.1) is 0 Å². The maximum atomic E-state index is 12.2. The molecule has 1 aromatic rings. The van der Waals surface area contributed by atoms with Crippen molar-refractivity contribution in [3.63, 3.8) is 0 Å². The topological polar surface area (TPSA) is 49.4 Å². The molecule has 0 bridgehead atoms. The van der Waals surface area contributed by atoms with E-state index in [1.165, 1.54) is 7.05 Å². The molecule has 2 amide bonds. The average molecular weight is 367 g/mol. The van der Waals surface area contributed by atoms with Gasteiger partial charge in [0.05, 0.1) is 6.54 Å². The predicted molar refractivity (Wildman–Crippen MR) is 74.9 cm³/mol. The van der Waals surface area contributed by atoms with Gasteiger partial charge in [0, 0.05) is 17.1 Å². The molecule has 1 rings (SSSR count). The molecule has 1 N–H and O–H groups in total. The van der Waals surface area contributed by atoms with E-state index in [4.69, 9.17) is 0 Å². The fourth-order valence-electron chi connectivity index (χ4n) is 1.59. The van der Waals surface area contributed by atoms with E-state index in [-0.39, 0.29) is 0 Å². The Balaban J connectivity index is 2.67. The third-order valence-electron chi connectivity index (χ3n) is 2.71. The zero-order valence-electron chi connectivity index (χ0n) is 11.4. The van der Waals surface area contributed by atoms with Gasteiger partial charge in [-0.05, 0) is 24.6 Å². The molecular formula is C13H14BrF3N2O2. The Morgan fingerprint density at radius 2 is 1.95 bits per heavy atom. The first kappa shape index (κ1) is 17.5. The molecule has 0 unspecified atom stereocenters. The predicted octanol–water partition coefficient (Wildman–Crippen LogP) is 2.51. The van der Waals surface area contributed by atoms with Crippen molar-refractivity contribution < 1.29 is 22.8 Å². The largest absolute Gasteiger partial charge is 0.405 e. The highest BCUT2D eigenvalue weighted by Gasteiger charge is 2.28. The van der Waals surface area contributed by atoms with E-state index in [1.54, 1.807) is 30.4 Å². The molecule has 0 radical (unpaired) electrons. The van der Waals surface area contributed by atoms with Crippen LogP contribution in [0.15, 0.2) is 22.7 Å². The van der Waals surface area contributed by atoms with Crippen molar-refractivity contribution in [3.8, 4) is 0 Å². The second-order valence-electron chi connectivity index (χ2n) is 4.47. The summed E-state index contributed by atoms with van der Waals surface area (Å²) in [4.78, 5) is 24.6. The van der Waals surface area contributed by atoms with Crippen LogP contribution in [0.1, 0.15) is 15.9 Å². The Labute approximate surface area is 128 Å². The Kier molecular flexibility index (Phi) is 5.77. The summed E-state index contributed by atoms with van der Waals surface area (Å²) in [5.41, 5.74) is 1.08. The molecular weight excluding hydrogens is 353 g/mol. The van der Waals surface area contributed by atoms with E-state index in [2.05, 4.69) is 15.9 Å². The smallest absolute Gasteiger partial charge is 0.345 e. The maximum absolute atomic E-state index is 12.2. The molecule has 0 saturated heterocycles. The Morgan fingerprint density at radius 1 is 1.33 bits per heavy atom. The number of hydrogen-bond acceptors (Lipinski definition) is 2. The van der Waals surface area contributed by atoms with Gasteiger partial charge < -0.3 is 10.2 Å². The Hall–Kier alpha value is -1.57.